The van der Waals surface area contributed by atoms with Crippen LogP contribution in [0, 0.1) is 0 Å². The van der Waals surface area contributed by atoms with Gasteiger partial charge in [0.1, 0.15) is 4.90 Å². The molecule has 0 saturated carbocycles. The van der Waals surface area contributed by atoms with Crippen molar-refractivity contribution in [2.24, 2.45) is 5.14 Å². The van der Waals surface area contributed by atoms with Gasteiger partial charge in [-0.05, 0) is 24.3 Å². The monoisotopic (exact) mass is 305 g/mol. The zero-order valence-electron chi connectivity index (χ0n) is 10.5. The number of nitrogens with two attached hydrogens (primary N) is 2. The SMILES string of the molecule is Nc1c(NCCSCCCO)cccc1S(N)(=O)=O. The van der Waals surface area contributed by atoms with Gasteiger partial charge in [-0.2, -0.15) is 11.8 Å². The van der Waals surface area contributed by atoms with E-state index in [2.05, 4.69) is 5.32 Å². The van der Waals surface area contributed by atoms with E-state index >= 15 is 0 Å². The Balaban J connectivity index is 2.56. The summed E-state index contributed by atoms with van der Waals surface area (Å²) in [6.45, 7) is 0.859. The summed E-state index contributed by atoms with van der Waals surface area (Å²) in [6.07, 6.45) is 0.772. The van der Waals surface area contributed by atoms with E-state index < -0.39 is 10.0 Å². The first kappa shape index (κ1) is 16.1. The second kappa shape index (κ2) is 7.59. The van der Waals surface area contributed by atoms with Crippen LogP contribution in [0.3, 0.4) is 0 Å². The first-order chi connectivity index (χ1) is 8.96. The second-order valence-corrected chi connectivity index (χ2v) is 6.63. The summed E-state index contributed by atoms with van der Waals surface area (Å²) in [5.74, 6) is 1.74. The number of aliphatic hydroxyl groups is 1. The van der Waals surface area contributed by atoms with Crippen LogP contribution >= 0.6 is 11.8 Å². The maximum absolute atomic E-state index is 11.3. The lowest BCUT2D eigenvalue weighted by Gasteiger charge is -2.11. The topological polar surface area (TPSA) is 118 Å². The van der Waals surface area contributed by atoms with Gasteiger partial charge in [0.05, 0.1) is 11.4 Å². The molecule has 0 aliphatic heterocycles. The molecule has 1 aromatic rings. The molecule has 0 fully saturated rings. The zero-order valence-corrected chi connectivity index (χ0v) is 12.1. The van der Waals surface area contributed by atoms with Gasteiger partial charge in [0.15, 0.2) is 0 Å². The summed E-state index contributed by atoms with van der Waals surface area (Å²) >= 11 is 1.71. The lowest BCUT2D eigenvalue weighted by molar-refractivity contribution is 0.296. The maximum atomic E-state index is 11.3. The highest BCUT2D eigenvalue weighted by Gasteiger charge is 2.14. The molecule has 0 saturated heterocycles. The molecule has 108 valence electrons. The third-order valence-corrected chi connectivity index (χ3v) is 4.42. The fourth-order valence-electron chi connectivity index (χ4n) is 1.47. The van der Waals surface area contributed by atoms with Crippen molar-refractivity contribution >= 4 is 33.2 Å². The van der Waals surface area contributed by atoms with Crippen molar-refractivity contribution in [3.8, 4) is 0 Å². The summed E-state index contributed by atoms with van der Waals surface area (Å²) in [4.78, 5) is -0.0644. The van der Waals surface area contributed by atoms with Gasteiger partial charge in [-0.3, -0.25) is 0 Å². The molecule has 0 unspecified atom stereocenters. The molecule has 1 aromatic carbocycles. The molecular weight excluding hydrogens is 286 g/mol. The number of nitrogens with one attached hydrogen (secondary N) is 1. The molecule has 0 spiro atoms. The van der Waals surface area contributed by atoms with Gasteiger partial charge in [0.2, 0.25) is 10.0 Å². The Labute approximate surface area is 117 Å². The molecule has 0 atom stereocenters. The number of hydrogen-bond donors (Lipinski definition) is 4. The van der Waals surface area contributed by atoms with Crippen molar-refractivity contribution in [3.05, 3.63) is 18.2 Å². The Hall–Kier alpha value is -0.960. The molecule has 0 heterocycles. The molecule has 0 bridgehead atoms. The van der Waals surface area contributed by atoms with Crippen molar-refractivity contribution in [1.29, 1.82) is 0 Å². The molecule has 8 heteroatoms. The summed E-state index contributed by atoms with van der Waals surface area (Å²) in [6, 6.07) is 4.69. The normalized spacial score (nSPS) is 11.5. The molecule has 6 N–H and O–H groups in total. The van der Waals surface area contributed by atoms with Gasteiger partial charge in [0.25, 0.3) is 0 Å². The minimum atomic E-state index is -3.80. The highest BCUT2D eigenvalue weighted by Crippen LogP contribution is 2.25. The van der Waals surface area contributed by atoms with E-state index in [0.29, 0.717) is 12.2 Å². The second-order valence-electron chi connectivity index (χ2n) is 3.88. The Morgan fingerprint density at radius 3 is 2.68 bits per heavy atom. The van der Waals surface area contributed by atoms with E-state index in [9.17, 15) is 8.42 Å². The summed E-state index contributed by atoms with van der Waals surface area (Å²) < 4.78 is 22.6. The van der Waals surface area contributed by atoms with Crippen molar-refractivity contribution < 1.29 is 13.5 Å². The molecule has 0 amide bonds. The van der Waals surface area contributed by atoms with Crippen LogP contribution in [0.4, 0.5) is 11.4 Å². The number of hydrogen-bond acceptors (Lipinski definition) is 6. The Bertz CT molecular complexity index is 506. The average molecular weight is 305 g/mol. The van der Waals surface area contributed by atoms with Crippen molar-refractivity contribution in [1.82, 2.24) is 0 Å². The van der Waals surface area contributed by atoms with Crippen LogP contribution < -0.4 is 16.2 Å². The standard InChI is InChI=1S/C11H19N3O3S2/c12-11-9(14-5-8-18-7-2-6-15)3-1-4-10(11)19(13,16)17/h1,3-4,14-15H,2,5-8,12H2,(H2,13,16,17). The predicted molar refractivity (Wildman–Crippen MR) is 79.7 cm³/mol. The van der Waals surface area contributed by atoms with Crippen molar-refractivity contribution in [3.63, 3.8) is 0 Å². The lowest BCUT2D eigenvalue weighted by atomic mass is 10.2. The Kier molecular flexibility index (Phi) is 6.43. The van der Waals surface area contributed by atoms with Gasteiger partial charge in [-0.25, -0.2) is 13.6 Å². The molecule has 19 heavy (non-hydrogen) atoms. The fraction of sp³-hybridized carbons (Fsp3) is 0.455. The number of sulfonamides is 1. The summed E-state index contributed by atoms with van der Waals surface area (Å²) in [5, 5.41) is 16.8. The molecule has 0 aliphatic carbocycles. The van der Waals surface area contributed by atoms with Crippen LogP contribution in [0.15, 0.2) is 23.1 Å². The van der Waals surface area contributed by atoms with Crippen LogP contribution in [0.25, 0.3) is 0 Å². The quantitative estimate of drug-likeness (QED) is 0.409. The number of aliphatic hydroxyl groups excluding tert-OH is 1. The first-order valence-electron chi connectivity index (χ1n) is 5.80. The van der Waals surface area contributed by atoms with Crippen LogP contribution in [0.2, 0.25) is 0 Å². The molecule has 0 aliphatic rings. The maximum Gasteiger partial charge on any atom is 0.240 e. The number of para-hydroxylation sites is 1. The van der Waals surface area contributed by atoms with Gasteiger partial charge in [-0.1, -0.05) is 6.07 Å². The molecule has 0 radical (unpaired) electrons. The number of thioether (sulfide) groups is 1. The van der Waals surface area contributed by atoms with E-state index in [0.717, 1.165) is 17.9 Å². The van der Waals surface area contributed by atoms with Gasteiger partial charge >= 0.3 is 0 Å². The number of primary sulfonamides is 1. The average Bonchev–Trinajstić information content (AvgIpc) is 2.34. The van der Waals surface area contributed by atoms with Gasteiger partial charge in [0, 0.05) is 18.9 Å². The summed E-state index contributed by atoms with van der Waals surface area (Å²) in [5.41, 5.74) is 6.48. The van der Waals surface area contributed by atoms with E-state index in [4.69, 9.17) is 16.0 Å². The highest BCUT2D eigenvalue weighted by molar-refractivity contribution is 7.99. The number of nitrogen functional groups attached to an aromatic ring is 1. The van der Waals surface area contributed by atoms with Crippen molar-refractivity contribution in [2.45, 2.75) is 11.3 Å². The molecule has 0 aromatic heterocycles. The molecule has 1 rings (SSSR count). The van der Waals surface area contributed by atoms with E-state index in [1.165, 1.54) is 6.07 Å². The minimum absolute atomic E-state index is 0.0644. The van der Waals surface area contributed by atoms with Crippen LogP contribution in [-0.4, -0.2) is 38.2 Å². The number of anilines is 2. The number of benzene rings is 1. The van der Waals surface area contributed by atoms with E-state index in [-0.39, 0.29) is 17.2 Å². The number of rotatable bonds is 8. The van der Waals surface area contributed by atoms with Crippen LogP contribution in [0.1, 0.15) is 6.42 Å². The van der Waals surface area contributed by atoms with Gasteiger partial charge in [-0.15, -0.1) is 0 Å². The Morgan fingerprint density at radius 2 is 2.05 bits per heavy atom. The van der Waals surface area contributed by atoms with E-state index in [1.807, 2.05) is 0 Å². The van der Waals surface area contributed by atoms with Crippen molar-refractivity contribution in [2.75, 3.05) is 35.7 Å². The lowest BCUT2D eigenvalue weighted by Crippen LogP contribution is -2.16. The van der Waals surface area contributed by atoms with Crippen LogP contribution in [0.5, 0.6) is 0 Å². The largest absolute Gasteiger partial charge is 0.396 e. The molecular formula is C11H19N3O3S2. The third kappa shape index (κ3) is 5.27. The Morgan fingerprint density at radius 1 is 1.32 bits per heavy atom. The predicted octanol–water partition coefficient (Wildman–Crippen LogP) is 0.444. The zero-order chi connectivity index (χ0) is 14.3. The molecule has 6 nitrogen and oxygen atoms in total. The van der Waals surface area contributed by atoms with E-state index in [1.54, 1.807) is 23.9 Å². The third-order valence-electron chi connectivity index (χ3n) is 2.38. The minimum Gasteiger partial charge on any atom is -0.396 e. The summed E-state index contributed by atoms with van der Waals surface area (Å²) in [7, 11) is -3.80. The van der Waals surface area contributed by atoms with Gasteiger partial charge < -0.3 is 16.2 Å². The first-order valence-corrected chi connectivity index (χ1v) is 8.50. The fourth-order valence-corrected chi connectivity index (χ4v) is 2.94. The van der Waals surface area contributed by atoms with Crippen LogP contribution in [-0.2, 0) is 10.0 Å². The highest BCUT2D eigenvalue weighted by atomic mass is 32.2. The smallest absolute Gasteiger partial charge is 0.240 e.